The van der Waals surface area contributed by atoms with Gasteiger partial charge in [0.15, 0.2) is 34.7 Å². The molecule has 53 heavy (non-hydrogen) atoms. The monoisotopic (exact) mass is 732 g/mol. The van der Waals surface area contributed by atoms with Gasteiger partial charge in [0, 0.05) is 68.2 Å². The van der Waals surface area contributed by atoms with Crippen molar-refractivity contribution in [1.29, 1.82) is 0 Å². The Labute approximate surface area is 305 Å². The van der Waals surface area contributed by atoms with Crippen molar-refractivity contribution in [3.63, 3.8) is 0 Å². The number of halogens is 7. The van der Waals surface area contributed by atoms with Gasteiger partial charge in [-0.2, -0.15) is 0 Å². The van der Waals surface area contributed by atoms with Crippen LogP contribution < -0.4 is 9.80 Å². The lowest BCUT2D eigenvalue weighted by Crippen LogP contribution is -2.52. The minimum Gasteiger partial charge on any atom is -0.389 e. The van der Waals surface area contributed by atoms with Crippen molar-refractivity contribution in [2.45, 2.75) is 40.5 Å². The van der Waals surface area contributed by atoms with E-state index in [1.807, 2.05) is 86.5 Å². The molecule has 0 saturated carbocycles. The van der Waals surface area contributed by atoms with E-state index in [-0.39, 0.29) is 46.8 Å². The normalized spacial score (nSPS) is 15.4. The molecule has 0 unspecified atom stereocenters. The summed E-state index contributed by atoms with van der Waals surface area (Å²) < 4.78 is 113. The second-order valence-corrected chi connectivity index (χ2v) is 13.7. The minimum absolute atomic E-state index is 0.0623. The zero-order chi connectivity index (χ0) is 38.7. The molecule has 6 rings (SSSR count). The van der Waals surface area contributed by atoms with Crippen molar-refractivity contribution in [2.75, 3.05) is 38.0 Å². The van der Waals surface area contributed by atoms with Crippen molar-refractivity contribution in [2.24, 2.45) is 0 Å². The summed E-state index contributed by atoms with van der Waals surface area (Å²) in [5, 5.41) is 0. The predicted molar refractivity (Wildman–Crippen MR) is 202 cm³/mol. The molecule has 0 bridgehead atoms. The molecular formula is C41H40BF7N4. The van der Waals surface area contributed by atoms with Crippen LogP contribution in [0.3, 0.4) is 0 Å². The summed E-state index contributed by atoms with van der Waals surface area (Å²) in [5.74, 6) is -10.8. The number of rotatable bonds is 9. The number of benzene rings is 3. The smallest absolute Gasteiger partial charge is 0.389 e. The van der Waals surface area contributed by atoms with E-state index in [0.29, 0.717) is 22.3 Å². The molecule has 0 N–H and O–H groups in total. The molecule has 0 aliphatic carbocycles. The molecule has 1 aromatic heterocycles. The van der Waals surface area contributed by atoms with Crippen molar-refractivity contribution in [3.05, 3.63) is 140 Å². The standard InChI is InChI=1S/C41H40BF7N4/c1-9-29-23(3)40-34(33-35(43)37(45)39(47)38(46)36(33)44)41-24(4)30(10-2)32(22-16-26-13-19-28(20-14-26)51(7)8)53(41)42(48,49)52(40)31(29)21-15-25-11-17-27(18-12-25)50(5)6/h11-22H,9-10H2,1-8H3/b21-15+,22-16+. The van der Waals surface area contributed by atoms with Gasteiger partial charge in [-0.15, -0.1) is 0 Å². The molecule has 12 heteroatoms. The maximum atomic E-state index is 17.7. The van der Waals surface area contributed by atoms with E-state index >= 15 is 26.2 Å². The van der Waals surface area contributed by atoms with Crippen LogP contribution in [-0.2, 0) is 6.42 Å². The highest BCUT2D eigenvalue weighted by Crippen LogP contribution is 2.49. The third-order valence-electron chi connectivity index (χ3n) is 10.2. The van der Waals surface area contributed by atoms with Crippen LogP contribution in [0.4, 0.5) is 42.0 Å². The highest BCUT2D eigenvalue weighted by atomic mass is 19.2. The van der Waals surface area contributed by atoms with Crippen LogP contribution >= 0.6 is 0 Å². The average Bonchev–Trinajstić information content (AvgIpc) is 3.59. The lowest BCUT2D eigenvalue weighted by molar-refractivity contribution is -0.362. The Morgan fingerprint density at radius 3 is 1.58 bits per heavy atom. The molecule has 4 nitrogen and oxygen atoms in total. The number of fused-ring (bicyclic) bond motifs is 2. The van der Waals surface area contributed by atoms with Crippen molar-refractivity contribution < 1.29 is 35.1 Å². The number of aromatic nitrogens is 1. The molecule has 2 aliphatic heterocycles. The van der Waals surface area contributed by atoms with Crippen LogP contribution in [-0.4, -0.2) is 49.8 Å². The molecule has 3 heterocycles. The van der Waals surface area contributed by atoms with E-state index in [0.717, 1.165) is 20.3 Å². The summed E-state index contributed by atoms with van der Waals surface area (Å²) in [6.07, 6.45) is 6.86. The third-order valence-corrected chi connectivity index (χ3v) is 10.2. The maximum absolute atomic E-state index is 17.7. The summed E-state index contributed by atoms with van der Waals surface area (Å²) >= 11 is 0. The summed E-state index contributed by atoms with van der Waals surface area (Å²) in [5.41, 5.74) is 2.43. The van der Waals surface area contributed by atoms with Gasteiger partial charge < -0.3 is 27.4 Å². The summed E-state index contributed by atoms with van der Waals surface area (Å²) in [7, 11) is 7.56. The highest BCUT2D eigenvalue weighted by Gasteiger charge is 2.58. The zero-order valence-electron chi connectivity index (χ0n) is 30.9. The van der Waals surface area contributed by atoms with Crippen LogP contribution in [0.2, 0.25) is 0 Å². The van der Waals surface area contributed by atoms with Crippen LogP contribution in [0.1, 0.15) is 66.4 Å². The Morgan fingerprint density at radius 1 is 0.660 bits per heavy atom. The lowest BCUT2D eigenvalue weighted by Gasteiger charge is -2.34. The minimum atomic E-state index is -4.83. The zero-order valence-corrected chi connectivity index (χ0v) is 30.9. The Balaban J connectivity index is 1.71. The van der Waals surface area contributed by atoms with Crippen LogP contribution in [0.5, 0.6) is 0 Å². The average molecular weight is 733 g/mol. The number of allylic oxidation sites excluding steroid dienone is 3. The van der Waals surface area contributed by atoms with E-state index in [1.165, 1.54) is 12.2 Å². The van der Waals surface area contributed by atoms with Gasteiger partial charge in [-0.1, -0.05) is 44.2 Å². The van der Waals surface area contributed by atoms with Gasteiger partial charge in [0.05, 0.1) is 11.1 Å². The molecule has 0 spiro atoms. The van der Waals surface area contributed by atoms with Gasteiger partial charge in [0.1, 0.15) is 0 Å². The molecule has 4 aromatic rings. The molecule has 0 atom stereocenters. The van der Waals surface area contributed by atoms with Crippen LogP contribution in [0, 0.1) is 36.0 Å². The van der Waals surface area contributed by atoms with Gasteiger partial charge in [0.25, 0.3) is 0 Å². The van der Waals surface area contributed by atoms with Gasteiger partial charge in [-0.05, 0) is 85.4 Å². The quantitative estimate of drug-likeness (QED) is 0.0737. The first-order chi connectivity index (χ1) is 25.1. The molecule has 3 aromatic carbocycles. The van der Waals surface area contributed by atoms with E-state index in [9.17, 15) is 4.39 Å². The SMILES string of the molecule is CCC1=C(C)C2=C(c3c(F)c(F)c(F)c(F)c3F)c3c(C)c(CC)c(/C=C/c4ccc(N(C)C)cc4)n3[B-](F)(F)[N+]2=C1/C=C/c1ccc(N(C)C)cc1. The van der Waals surface area contributed by atoms with Gasteiger partial charge in [0.2, 0.25) is 5.82 Å². The Kier molecular flexibility index (Phi) is 9.87. The van der Waals surface area contributed by atoms with Crippen LogP contribution in [0.25, 0.3) is 23.8 Å². The molecule has 276 valence electrons. The number of hydrogen-bond acceptors (Lipinski definition) is 2. The van der Waals surface area contributed by atoms with E-state index in [2.05, 4.69) is 0 Å². The van der Waals surface area contributed by atoms with E-state index < -0.39 is 47.2 Å². The fourth-order valence-corrected chi connectivity index (χ4v) is 7.48. The first kappa shape index (κ1) is 37.5. The summed E-state index contributed by atoms with van der Waals surface area (Å²) in [6, 6.07) is 14.8. The molecular weight excluding hydrogens is 692 g/mol. The second kappa shape index (κ2) is 13.9. The van der Waals surface area contributed by atoms with E-state index in [4.69, 9.17) is 0 Å². The molecule has 0 saturated heterocycles. The molecule has 2 aliphatic rings. The lowest BCUT2D eigenvalue weighted by atomic mass is 9.83. The van der Waals surface area contributed by atoms with Crippen molar-refractivity contribution in [1.82, 2.24) is 4.48 Å². The maximum Gasteiger partial charge on any atom is 0.737 e. The summed E-state index contributed by atoms with van der Waals surface area (Å²) in [4.78, 5) is 3.84. The largest absolute Gasteiger partial charge is 0.737 e. The second-order valence-electron chi connectivity index (χ2n) is 13.7. The topological polar surface area (TPSA) is 14.4 Å². The molecule has 0 amide bonds. The Morgan fingerprint density at radius 2 is 1.13 bits per heavy atom. The number of nitrogens with zero attached hydrogens (tertiary/aromatic N) is 4. The third kappa shape index (κ3) is 6.01. The highest BCUT2D eigenvalue weighted by molar-refractivity contribution is 6.59. The van der Waals surface area contributed by atoms with Gasteiger partial charge >= 0.3 is 6.97 Å². The molecule has 0 radical (unpaired) electrons. The molecule has 0 fully saturated rings. The first-order valence-electron chi connectivity index (χ1n) is 17.4. The van der Waals surface area contributed by atoms with Gasteiger partial charge in [-0.25, -0.2) is 22.0 Å². The Hall–Kier alpha value is -5.26. The number of hydrogen-bond donors (Lipinski definition) is 0. The predicted octanol–water partition coefficient (Wildman–Crippen LogP) is 10.3. The van der Waals surface area contributed by atoms with Gasteiger partial charge in [-0.3, -0.25) is 0 Å². The number of anilines is 2. The van der Waals surface area contributed by atoms with Crippen molar-refractivity contribution >= 4 is 47.9 Å². The fraction of sp³-hybridized carbons (Fsp3) is 0.244. The Bertz CT molecular complexity index is 2260. The van der Waals surface area contributed by atoms with E-state index in [1.54, 1.807) is 39.8 Å². The first-order valence-corrected chi connectivity index (χ1v) is 17.4. The van der Waals surface area contributed by atoms with Crippen LogP contribution in [0.15, 0.2) is 71.5 Å². The van der Waals surface area contributed by atoms with Crippen molar-refractivity contribution in [3.8, 4) is 0 Å². The summed E-state index contributed by atoms with van der Waals surface area (Å²) in [6.45, 7) is 1.78. The fourth-order valence-electron chi connectivity index (χ4n) is 7.48.